The van der Waals surface area contributed by atoms with Gasteiger partial charge in [-0.3, -0.25) is 4.79 Å². The minimum atomic E-state index is 0.109. The maximum absolute atomic E-state index is 12.5. The van der Waals surface area contributed by atoms with Gasteiger partial charge in [-0.15, -0.1) is 10.2 Å². The summed E-state index contributed by atoms with van der Waals surface area (Å²) in [7, 11) is 0. The van der Waals surface area contributed by atoms with Gasteiger partial charge >= 0.3 is 0 Å². The Balaban J connectivity index is 1.10. The third-order valence-corrected chi connectivity index (χ3v) is 7.68. The summed E-state index contributed by atoms with van der Waals surface area (Å²) in [5.74, 6) is 2.33. The van der Waals surface area contributed by atoms with Crippen molar-refractivity contribution in [3.05, 3.63) is 48.3 Å². The zero-order chi connectivity index (χ0) is 19.4. The second-order valence-electron chi connectivity index (χ2n) is 9.14. The molecular formula is C21H25N7O. The van der Waals surface area contributed by atoms with Crippen LogP contribution in [0.15, 0.2) is 36.8 Å². The molecule has 2 aliphatic carbocycles. The lowest BCUT2D eigenvalue weighted by molar-refractivity contribution is -0.135. The highest BCUT2D eigenvalue weighted by Crippen LogP contribution is 2.60. The van der Waals surface area contributed by atoms with Gasteiger partial charge in [0.25, 0.3) is 0 Å². The number of rotatable bonds is 3. The highest BCUT2D eigenvalue weighted by atomic mass is 16.2. The molecule has 0 radical (unpaired) electrons. The summed E-state index contributed by atoms with van der Waals surface area (Å²) >= 11 is 0. The maximum atomic E-state index is 12.5. The highest BCUT2D eigenvalue weighted by molar-refractivity contribution is 5.78. The van der Waals surface area contributed by atoms with Gasteiger partial charge in [0.1, 0.15) is 0 Å². The van der Waals surface area contributed by atoms with Crippen molar-refractivity contribution in [3.8, 4) is 0 Å². The van der Waals surface area contributed by atoms with Gasteiger partial charge in [0.15, 0.2) is 5.82 Å². The zero-order valence-corrected chi connectivity index (χ0v) is 16.3. The number of nitrogens with one attached hydrogen (secondary N) is 1. The van der Waals surface area contributed by atoms with E-state index in [4.69, 9.17) is 0 Å². The van der Waals surface area contributed by atoms with Gasteiger partial charge in [-0.25, -0.2) is 4.98 Å². The molecule has 2 unspecified atom stereocenters. The fraction of sp³-hybridized carbons (Fsp3) is 0.571. The van der Waals surface area contributed by atoms with Crippen molar-refractivity contribution >= 4 is 5.91 Å². The number of tetrazole rings is 1. The van der Waals surface area contributed by atoms with Crippen LogP contribution in [-0.2, 0) is 11.2 Å². The van der Waals surface area contributed by atoms with Crippen molar-refractivity contribution in [2.45, 2.75) is 44.1 Å². The molecule has 1 amide bonds. The number of amides is 1. The Bertz CT molecular complexity index is 959. The molecule has 8 heteroatoms. The van der Waals surface area contributed by atoms with Crippen LogP contribution in [0.4, 0.5) is 0 Å². The topological polar surface area (TPSA) is 92.6 Å². The molecule has 1 N–H and O–H groups in total. The number of allylic oxidation sites excluding steroid dienone is 4. The van der Waals surface area contributed by atoms with E-state index in [9.17, 15) is 4.79 Å². The predicted molar refractivity (Wildman–Crippen MR) is 105 cm³/mol. The van der Waals surface area contributed by atoms with Crippen LogP contribution in [0.25, 0.3) is 0 Å². The van der Waals surface area contributed by atoms with Crippen LogP contribution in [0.2, 0.25) is 0 Å². The van der Waals surface area contributed by atoms with Gasteiger partial charge < -0.3 is 9.47 Å². The van der Waals surface area contributed by atoms with Crippen molar-refractivity contribution < 1.29 is 4.79 Å². The Morgan fingerprint density at radius 1 is 1.21 bits per heavy atom. The molecule has 6 rings (SSSR count). The van der Waals surface area contributed by atoms with Crippen LogP contribution in [0.5, 0.6) is 0 Å². The van der Waals surface area contributed by atoms with Crippen LogP contribution in [0.1, 0.15) is 49.2 Å². The molecule has 1 spiro atoms. The van der Waals surface area contributed by atoms with Gasteiger partial charge in [-0.1, -0.05) is 29.5 Å². The van der Waals surface area contributed by atoms with Gasteiger partial charge in [-0.05, 0) is 37.0 Å². The summed E-state index contributed by atoms with van der Waals surface area (Å²) in [6.45, 7) is 1.69. The number of piperidine rings is 1. The third kappa shape index (κ3) is 2.68. The summed E-state index contributed by atoms with van der Waals surface area (Å²) in [5, 5.41) is 13.7. The minimum Gasteiger partial charge on any atom is -0.342 e. The van der Waals surface area contributed by atoms with Gasteiger partial charge in [-0.2, -0.15) is 5.21 Å². The number of hydrogen-bond donors (Lipinski definition) is 1. The molecule has 8 nitrogen and oxygen atoms in total. The number of nitrogens with zero attached hydrogens (tertiary/aromatic N) is 6. The molecule has 1 saturated heterocycles. The van der Waals surface area contributed by atoms with Crippen LogP contribution in [0, 0.1) is 17.3 Å². The predicted octanol–water partition coefficient (Wildman–Crippen LogP) is 2.04. The quantitative estimate of drug-likeness (QED) is 0.864. The number of carbonyl (C=O) groups is 1. The largest absolute Gasteiger partial charge is 0.342 e. The van der Waals surface area contributed by atoms with Gasteiger partial charge in [0.05, 0.1) is 12.7 Å². The van der Waals surface area contributed by atoms with Crippen molar-refractivity contribution in [2.24, 2.45) is 17.3 Å². The molecule has 29 heavy (non-hydrogen) atoms. The highest BCUT2D eigenvalue weighted by Gasteiger charge is 2.53. The van der Waals surface area contributed by atoms with Crippen molar-refractivity contribution in [1.29, 1.82) is 0 Å². The second-order valence-corrected chi connectivity index (χ2v) is 9.14. The molecular weight excluding hydrogens is 366 g/mol. The Morgan fingerprint density at radius 3 is 2.83 bits per heavy atom. The van der Waals surface area contributed by atoms with E-state index >= 15 is 0 Å². The van der Waals surface area contributed by atoms with Crippen LogP contribution >= 0.6 is 0 Å². The number of carbonyl (C=O) groups excluding carboxylic acids is 1. The van der Waals surface area contributed by atoms with E-state index in [1.165, 1.54) is 18.5 Å². The Morgan fingerprint density at radius 2 is 2.03 bits per heavy atom. The first-order valence-corrected chi connectivity index (χ1v) is 10.6. The molecule has 1 saturated carbocycles. The molecule has 150 valence electrons. The lowest BCUT2D eigenvalue weighted by Gasteiger charge is -2.54. The Kier molecular flexibility index (Phi) is 3.76. The Hall–Kier alpha value is -2.77. The van der Waals surface area contributed by atoms with Crippen LogP contribution in [0.3, 0.4) is 0 Å². The van der Waals surface area contributed by atoms with Crippen LogP contribution in [-0.4, -0.2) is 54.1 Å². The minimum absolute atomic E-state index is 0.109. The normalized spacial score (nSPS) is 29.7. The lowest BCUT2D eigenvalue weighted by atomic mass is 9.54. The summed E-state index contributed by atoms with van der Waals surface area (Å²) in [4.78, 5) is 18.9. The van der Waals surface area contributed by atoms with E-state index in [-0.39, 0.29) is 12.3 Å². The zero-order valence-electron chi connectivity index (χ0n) is 16.3. The molecule has 0 bridgehead atoms. The number of H-pyrrole nitrogens is 1. The van der Waals surface area contributed by atoms with Crippen molar-refractivity contribution in [2.75, 3.05) is 13.1 Å². The molecule has 3 atom stereocenters. The van der Waals surface area contributed by atoms with E-state index in [0.717, 1.165) is 25.9 Å². The van der Waals surface area contributed by atoms with E-state index in [2.05, 4.69) is 54.5 Å². The fourth-order valence-electron chi connectivity index (χ4n) is 6.23. The number of likely N-dealkylation sites (tertiary alicyclic amines) is 1. The first kappa shape index (κ1) is 17.1. The average Bonchev–Trinajstić information content (AvgIpc) is 3.44. The third-order valence-electron chi connectivity index (χ3n) is 7.68. The monoisotopic (exact) mass is 391 g/mol. The van der Waals surface area contributed by atoms with Crippen LogP contribution < -0.4 is 0 Å². The van der Waals surface area contributed by atoms with Crippen molar-refractivity contribution in [1.82, 2.24) is 35.1 Å². The lowest BCUT2D eigenvalue weighted by Crippen LogP contribution is -2.50. The maximum Gasteiger partial charge on any atom is 0.230 e. The molecule has 2 aromatic rings. The molecule has 2 fully saturated rings. The van der Waals surface area contributed by atoms with Gasteiger partial charge in [0.2, 0.25) is 5.91 Å². The molecule has 2 aromatic heterocycles. The first-order chi connectivity index (χ1) is 14.2. The summed E-state index contributed by atoms with van der Waals surface area (Å²) in [5.41, 5.74) is 1.78. The molecule has 0 aromatic carbocycles. The number of fused-ring (bicyclic) bond motifs is 3. The van der Waals surface area contributed by atoms with Gasteiger partial charge in [0, 0.05) is 42.9 Å². The van der Waals surface area contributed by atoms with Crippen molar-refractivity contribution in [3.63, 3.8) is 0 Å². The summed E-state index contributed by atoms with van der Waals surface area (Å²) in [6.07, 6.45) is 18.2. The average molecular weight is 391 g/mol. The molecule has 4 aliphatic rings. The SMILES string of the molecule is O=C(Cc1nn[nH]n1)N1CCC2(CC1)CC([C@H]1C3C=CC=CC3c3cncn31)C2. The fourth-order valence-corrected chi connectivity index (χ4v) is 6.23. The van der Waals surface area contributed by atoms with E-state index < -0.39 is 0 Å². The first-order valence-electron chi connectivity index (χ1n) is 10.6. The van der Waals surface area contributed by atoms with E-state index in [0.29, 0.717) is 35.0 Å². The number of imidazole rings is 1. The summed E-state index contributed by atoms with van der Waals surface area (Å²) < 4.78 is 2.44. The molecule has 4 heterocycles. The standard InChI is InChI=1S/C21H25N7O/c29-19(9-18-23-25-26-24-18)27-7-5-21(6-8-27)10-14(11-21)20-16-4-2-1-3-15(16)17-12-22-13-28(17)20/h1-4,12-16,20H,5-11H2,(H,23,24,25,26)/t15?,16?,20-/m0/s1. The number of aromatic nitrogens is 6. The molecule has 2 aliphatic heterocycles. The number of hydrogen-bond acceptors (Lipinski definition) is 5. The smallest absolute Gasteiger partial charge is 0.230 e. The summed E-state index contributed by atoms with van der Waals surface area (Å²) in [6, 6.07) is 0.530. The van der Waals surface area contributed by atoms with E-state index in [1.54, 1.807) is 0 Å². The number of aromatic amines is 1. The second kappa shape index (κ2) is 6.37. The Labute approximate surface area is 169 Å². The van der Waals surface area contributed by atoms with E-state index in [1.807, 2.05) is 17.4 Å².